The zero-order valence-electron chi connectivity index (χ0n) is 21.3. The number of ether oxygens (including phenoxy) is 2. The van der Waals surface area contributed by atoms with Crippen molar-refractivity contribution in [3.05, 3.63) is 53.6 Å². The molecule has 2 aromatic carbocycles. The van der Waals surface area contributed by atoms with E-state index in [0.29, 0.717) is 43.5 Å². The number of benzene rings is 2. The van der Waals surface area contributed by atoms with Crippen molar-refractivity contribution < 1.29 is 27.5 Å². The van der Waals surface area contributed by atoms with E-state index in [2.05, 4.69) is 5.32 Å². The molecule has 0 spiro atoms. The van der Waals surface area contributed by atoms with Crippen LogP contribution in [0.2, 0.25) is 0 Å². The van der Waals surface area contributed by atoms with Gasteiger partial charge in [0.05, 0.1) is 11.9 Å². The topological polar surface area (TPSA) is 105 Å². The Labute approximate surface area is 213 Å². The van der Waals surface area contributed by atoms with Crippen LogP contribution in [0.25, 0.3) is 0 Å². The van der Waals surface area contributed by atoms with E-state index in [4.69, 9.17) is 9.47 Å². The van der Waals surface area contributed by atoms with Gasteiger partial charge in [0.15, 0.2) is 11.5 Å². The first-order chi connectivity index (χ1) is 17.1. The van der Waals surface area contributed by atoms with Crippen LogP contribution in [0.1, 0.15) is 37.8 Å². The lowest BCUT2D eigenvalue weighted by atomic mass is 10.1. The second kappa shape index (κ2) is 12.1. The number of sulfonamides is 1. The second-order valence-corrected chi connectivity index (χ2v) is 10.7. The van der Waals surface area contributed by atoms with Gasteiger partial charge < -0.3 is 19.7 Å². The van der Waals surface area contributed by atoms with Gasteiger partial charge in [-0.1, -0.05) is 24.3 Å². The highest BCUT2D eigenvalue weighted by Gasteiger charge is 2.27. The summed E-state index contributed by atoms with van der Waals surface area (Å²) in [5, 5.41) is 2.78. The molecule has 1 N–H and O–H groups in total. The van der Waals surface area contributed by atoms with E-state index in [-0.39, 0.29) is 31.2 Å². The fourth-order valence-corrected chi connectivity index (χ4v) is 5.02. The quantitative estimate of drug-likeness (QED) is 0.492. The minimum absolute atomic E-state index is 0.0895. The molecule has 10 heteroatoms. The molecule has 0 aliphatic carbocycles. The molecule has 0 saturated carbocycles. The number of hydrogen-bond donors (Lipinski definition) is 1. The number of rotatable bonds is 11. The van der Waals surface area contributed by atoms with Gasteiger partial charge in [-0.15, -0.1) is 0 Å². The van der Waals surface area contributed by atoms with Gasteiger partial charge in [-0.3, -0.25) is 13.9 Å². The number of fused-ring (bicyclic) bond motifs is 1. The number of hydrogen-bond acceptors (Lipinski definition) is 6. The van der Waals surface area contributed by atoms with Gasteiger partial charge in [0.25, 0.3) is 0 Å². The van der Waals surface area contributed by atoms with Crippen molar-refractivity contribution >= 4 is 27.5 Å². The first-order valence-corrected chi connectivity index (χ1v) is 14.0. The van der Waals surface area contributed by atoms with Crippen molar-refractivity contribution in [2.45, 2.75) is 46.2 Å². The molecular weight excluding hydrogens is 482 g/mol. The third-order valence-electron chi connectivity index (χ3n) is 6.09. The number of anilines is 1. The smallest absolute Gasteiger partial charge is 0.242 e. The molecule has 0 radical (unpaired) electrons. The average Bonchev–Trinajstić information content (AvgIpc) is 2.84. The monoisotopic (exact) mass is 517 g/mol. The van der Waals surface area contributed by atoms with Crippen molar-refractivity contribution in [1.29, 1.82) is 0 Å². The zero-order valence-corrected chi connectivity index (χ0v) is 22.1. The van der Waals surface area contributed by atoms with Crippen LogP contribution < -0.4 is 19.1 Å². The van der Waals surface area contributed by atoms with Gasteiger partial charge in [-0.25, -0.2) is 8.42 Å². The predicted octanol–water partition coefficient (Wildman–Crippen LogP) is 2.87. The number of aryl methyl sites for hydroxylation is 1. The summed E-state index contributed by atoms with van der Waals surface area (Å²) >= 11 is 0. The van der Waals surface area contributed by atoms with Crippen molar-refractivity contribution in [2.75, 3.05) is 36.9 Å². The van der Waals surface area contributed by atoms with Crippen LogP contribution in [-0.2, 0) is 26.2 Å². The van der Waals surface area contributed by atoms with Crippen molar-refractivity contribution in [1.82, 2.24) is 10.2 Å². The normalized spacial score (nSPS) is 13.6. The predicted molar refractivity (Wildman–Crippen MR) is 139 cm³/mol. The fourth-order valence-electron chi connectivity index (χ4n) is 4.07. The van der Waals surface area contributed by atoms with Gasteiger partial charge in [0, 0.05) is 32.1 Å². The van der Waals surface area contributed by atoms with E-state index >= 15 is 0 Å². The summed E-state index contributed by atoms with van der Waals surface area (Å²) in [5.41, 5.74) is 2.43. The first-order valence-electron chi connectivity index (χ1n) is 12.1. The molecule has 0 saturated heterocycles. The van der Waals surface area contributed by atoms with Crippen LogP contribution in [0, 0.1) is 6.92 Å². The Hall–Kier alpha value is -3.27. The average molecular weight is 518 g/mol. The van der Waals surface area contributed by atoms with Gasteiger partial charge >= 0.3 is 0 Å². The number of nitrogens with one attached hydrogen (secondary N) is 1. The van der Waals surface area contributed by atoms with Crippen LogP contribution >= 0.6 is 0 Å². The van der Waals surface area contributed by atoms with Gasteiger partial charge in [-0.2, -0.15) is 0 Å². The Bertz CT molecular complexity index is 1180. The van der Waals surface area contributed by atoms with E-state index < -0.39 is 16.1 Å². The van der Waals surface area contributed by atoms with E-state index in [1.807, 2.05) is 38.1 Å². The molecule has 0 fully saturated rings. The lowest BCUT2D eigenvalue weighted by Gasteiger charge is -2.30. The molecule has 1 heterocycles. The Morgan fingerprint density at radius 2 is 1.78 bits per heavy atom. The van der Waals surface area contributed by atoms with Crippen LogP contribution in [0.4, 0.5) is 5.69 Å². The number of nitrogens with zero attached hydrogens (tertiary/aromatic N) is 2. The Morgan fingerprint density at radius 1 is 1.08 bits per heavy atom. The molecule has 9 nitrogen and oxygen atoms in total. The lowest BCUT2D eigenvalue weighted by molar-refractivity contribution is -0.140. The minimum atomic E-state index is -3.61. The molecule has 1 atom stereocenters. The molecule has 0 unspecified atom stereocenters. The summed E-state index contributed by atoms with van der Waals surface area (Å²) in [4.78, 5) is 27.4. The van der Waals surface area contributed by atoms with E-state index in [1.54, 1.807) is 30.0 Å². The SMILES string of the molecule is CCNC(=O)[C@@H](C)N(Cc1ccccc1C)C(=O)CCCN(c1ccc2c(c1)OCCO2)S(C)(=O)=O. The molecule has 0 aromatic heterocycles. The Kier molecular flexibility index (Phi) is 9.19. The zero-order chi connectivity index (χ0) is 26.3. The van der Waals surface area contributed by atoms with Crippen molar-refractivity contribution in [3.63, 3.8) is 0 Å². The summed E-state index contributed by atoms with van der Waals surface area (Å²) < 4.78 is 37.5. The maximum atomic E-state index is 13.3. The van der Waals surface area contributed by atoms with Crippen LogP contribution in [-0.4, -0.2) is 63.7 Å². The number of likely N-dealkylation sites (N-methyl/N-ethyl adjacent to an activating group) is 1. The first kappa shape index (κ1) is 27.3. The number of amides is 2. The second-order valence-electron chi connectivity index (χ2n) is 8.79. The van der Waals surface area contributed by atoms with E-state index in [0.717, 1.165) is 17.4 Å². The van der Waals surface area contributed by atoms with Crippen LogP contribution in [0.5, 0.6) is 11.5 Å². The maximum absolute atomic E-state index is 13.3. The third-order valence-corrected chi connectivity index (χ3v) is 7.28. The van der Waals surface area contributed by atoms with Crippen molar-refractivity contribution in [3.8, 4) is 11.5 Å². The molecule has 196 valence electrons. The van der Waals surface area contributed by atoms with Gasteiger partial charge in [0.2, 0.25) is 21.8 Å². The summed E-state index contributed by atoms with van der Waals surface area (Å²) in [6.07, 6.45) is 1.51. The largest absolute Gasteiger partial charge is 0.486 e. The highest BCUT2D eigenvalue weighted by Crippen LogP contribution is 2.34. The van der Waals surface area contributed by atoms with Crippen LogP contribution in [0.3, 0.4) is 0 Å². The van der Waals surface area contributed by atoms with E-state index in [1.165, 1.54) is 4.31 Å². The Balaban J connectivity index is 1.74. The maximum Gasteiger partial charge on any atom is 0.242 e. The highest BCUT2D eigenvalue weighted by atomic mass is 32.2. The summed E-state index contributed by atoms with van der Waals surface area (Å²) in [5.74, 6) is 0.615. The molecule has 1 aliphatic rings. The highest BCUT2D eigenvalue weighted by molar-refractivity contribution is 7.92. The lowest BCUT2D eigenvalue weighted by Crippen LogP contribution is -2.47. The summed E-state index contributed by atoms with van der Waals surface area (Å²) in [6, 6.07) is 12.1. The standard InChI is InChI=1S/C26H35N3O6S/c1-5-27-26(31)20(3)28(18-21-10-7-6-9-19(21)2)25(30)11-8-14-29(36(4,32)33)22-12-13-23-24(17-22)35-16-15-34-23/h6-7,9-10,12-13,17,20H,5,8,11,14-16,18H2,1-4H3,(H,27,31)/t20-/m1/s1. The van der Waals surface area contributed by atoms with Gasteiger partial charge in [0.1, 0.15) is 19.3 Å². The number of carbonyl (C=O) groups excluding carboxylic acids is 2. The molecule has 0 bridgehead atoms. The third kappa shape index (κ3) is 6.90. The van der Waals surface area contributed by atoms with Gasteiger partial charge in [-0.05, 0) is 50.5 Å². The molecule has 2 amide bonds. The molecule has 36 heavy (non-hydrogen) atoms. The molecular formula is C26H35N3O6S. The fraction of sp³-hybridized carbons (Fsp3) is 0.462. The summed E-state index contributed by atoms with van der Waals surface area (Å²) in [7, 11) is -3.61. The van der Waals surface area contributed by atoms with Crippen molar-refractivity contribution in [2.24, 2.45) is 0 Å². The molecule has 3 rings (SSSR count). The molecule has 2 aromatic rings. The van der Waals surface area contributed by atoms with E-state index in [9.17, 15) is 18.0 Å². The Morgan fingerprint density at radius 3 is 2.44 bits per heavy atom. The summed E-state index contributed by atoms with van der Waals surface area (Å²) in [6.45, 7) is 7.21. The van der Waals surface area contributed by atoms with Crippen LogP contribution in [0.15, 0.2) is 42.5 Å². The minimum Gasteiger partial charge on any atom is -0.486 e. The molecule has 1 aliphatic heterocycles. The number of carbonyl (C=O) groups is 2.